The van der Waals surface area contributed by atoms with Crippen LogP contribution in [0.3, 0.4) is 0 Å². The van der Waals surface area contributed by atoms with Crippen LogP contribution in [-0.4, -0.2) is 11.8 Å². The van der Waals surface area contributed by atoms with Crippen LogP contribution in [-0.2, 0) is 11.2 Å². The Balaban J connectivity index is 2.65. The molecule has 1 unspecified atom stereocenters. The number of carbonyl (C=O) groups excluding carboxylic acids is 1. The van der Waals surface area contributed by atoms with E-state index < -0.39 is 0 Å². The minimum Gasteiger partial charge on any atom is -0.328 e. The van der Waals surface area contributed by atoms with E-state index in [4.69, 9.17) is 17.3 Å². The summed E-state index contributed by atoms with van der Waals surface area (Å²) < 4.78 is 0. The van der Waals surface area contributed by atoms with Crippen LogP contribution < -0.4 is 5.73 Å². The van der Waals surface area contributed by atoms with E-state index in [0.717, 1.165) is 16.1 Å². The Bertz CT molecular complexity index is 361. The summed E-state index contributed by atoms with van der Waals surface area (Å²) >= 11 is 5.90. The van der Waals surface area contributed by atoms with Crippen molar-refractivity contribution in [3.63, 3.8) is 0 Å². The van der Waals surface area contributed by atoms with Gasteiger partial charge in [-0.1, -0.05) is 23.7 Å². The summed E-state index contributed by atoms with van der Waals surface area (Å²) in [6, 6.07) is 5.59. The van der Waals surface area contributed by atoms with Gasteiger partial charge in [-0.05, 0) is 31.0 Å². The van der Waals surface area contributed by atoms with Gasteiger partial charge in [0.1, 0.15) is 5.78 Å². The quantitative estimate of drug-likeness (QED) is 0.856. The fraction of sp³-hybridized carbons (Fsp3) is 0.417. The van der Waals surface area contributed by atoms with Crippen LogP contribution >= 0.6 is 11.6 Å². The molecular formula is C12H16ClNO. The lowest BCUT2D eigenvalue weighted by molar-refractivity contribution is -0.118. The number of aryl methyl sites for hydroxylation is 1. The van der Waals surface area contributed by atoms with Crippen molar-refractivity contribution in [2.24, 2.45) is 5.73 Å². The minimum absolute atomic E-state index is 0.0640. The number of ketones is 1. The van der Waals surface area contributed by atoms with Gasteiger partial charge in [0.2, 0.25) is 0 Å². The van der Waals surface area contributed by atoms with Crippen molar-refractivity contribution >= 4 is 17.4 Å². The molecule has 2 N–H and O–H groups in total. The largest absolute Gasteiger partial charge is 0.328 e. The van der Waals surface area contributed by atoms with Crippen LogP contribution in [0.15, 0.2) is 18.2 Å². The lowest BCUT2D eigenvalue weighted by Crippen LogP contribution is -2.20. The SMILES string of the molecule is Cc1cc(CC(=O)CC(C)N)ccc1Cl. The molecule has 0 saturated heterocycles. The highest BCUT2D eigenvalue weighted by molar-refractivity contribution is 6.31. The first-order valence-corrected chi connectivity index (χ1v) is 5.39. The molecular weight excluding hydrogens is 210 g/mol. The Morgan fingerprint density at radius 3 is 2.73 bits per heavy atom. The van der Waals surface area contributed by atoms with Crippen molar-refractivity contribution < 1.29 is 4.79 Å². The van der Waals surface area contributed by atoms with Crippen molar-refractivity contribution in [2.75, 3.05) is 0 Å². The van der Waals surface area contributed by atoms with Crippen molar-refractivity contribution in [2.45, 2.75) is 32.7 Å². The van der Waals surface area contributed by atoms with E-state index in [-0.39, 0.29) is 11.8 Å². The van der Waals surface area contributed by atoms with Crippen molar-refractivity contribution in [3.05, 3.63) is 34.3 Å². The van der Waals surface area contributed by atoms with Crippen LogP contribution in [0.1, 0.15) is 24.5 Å². The third kappa shape index (κ3) is 4.02. The Morgan fingerprint density at radius 1 is 1.53 bits per heavy atom. The van der Waals surface area contributed by atoms with Crippen LogP contribution in [0.4, 0.5) is 0 Å². The molecule has 0 aromatic heterocycles. The van der Waals surface area contributed by atoms with Gasteiger partial charge in [-0.2, -0.15) is 0 Å². The fourth-order valence-electron chi connectivity index (χ4n) is 1.48. The van der Waals surface area contributed by atoms with Crippen LogP contribution in [0, 0.1) is 6.92 Å². The third-order valence-corrected chi connectivity index (χ3v) is 2.60. The summed E-state index contributed by atoms with van der Waals surface area (Å²) in [7, 11) is 0. The predicted octanol–water partition coefficient (Wildman–Crippen LogP) is 2.50. The van der Waals surface area contributed by atoms with Gasteiger partial charge < -0.3 is 5.73 Å². The molecule has 0 fully saturated rings. The molecule has 0 aliphatic rings. The summed E-state index contributed by atoms with van der Waals surface area (Å²) in [4.78, 5) is 11.5. The zero-order valence-corrected chi connectivity index (χ0v) is 9.84. The molecule has 3 heteroatoms. The van der Waals surface area contributed by atoms with Gasteiger partial charge in [0.05, 0.1) is 0 Å². The number of hydrogen-bond donors (Lipinski definition) is 1. The maximum atomic E-state index is 11.5. The second-order valence-corrected chi connectivity index (χ2v) is 4.39. The van der Waals surface area contributed by atoms with E-state index >= 15 is 0 Å². The summed E-state index contributed by atoms with van der Waals surface area (Å²) in [5.74, 6) is 0.173. The van der Waals surface area contributed by atoms with Gasteiger partial charge in [-0.3, -0.25) is 4.79 Å². The molecule has 0 radical (unpaired) electrons. The standard InChI is InChI=1S/C12H16ClNO/c1-8-5-10(3-4-12(8)13)7-11(15)6-9(2)14/h3-5,9H,6-7,14H2,1-2H3. The van der Waals surface area contributed by atoms with Gasteiger partial charge in [-0.25, -0.2) is 0 Å². The van der Waals surface area contributed by atoms with E-state index in [2.05, 4.69) is 0 Å². The third-order valence-electron chi connectivity index (χ3n) is 2.17. The molecule has 2 nitrogen and oxygen atoms in total. The lowest BCUT2D eigenvalue weighted by atomic mass is 10.0. The molecule has 15 heavy (non-hydrogen) atoms. The first-order chi connectivity index (χ1) is 6.99. The maximum absolute atomic E-state index is 11.5. The summed E-state index contributed by atoms with van der Waals surface area (Å²) in [5.41, 5.74) is 7.56. The molecule has 82 valence electrons. The van der Waals surface area contributed by atoms with Crippen LogP contribution in [0.25, 0.3) is 0 Å². The zero-order valence-electron chi connectivity index (χ0n) is 9.09. The molecule has 1 rings (SSSR count). The van der Waals surface area contributed by atoms with Gasteiger partial charge in [0, 0.05) is 23.9 Å². The summed E-state index contributed by atoms with van der Waals surface area (Å²) in [5, 5.41) is 0.735. The number of Topliss-reactive ketones (excluding diaryl/α,β-unsaturated/α-hetero) is 1. The Kier molecular flexibility index (Phi) is 4.30. The normalized spacial score (nSPS) is 12.5. The second kappa shape index (κ2) is 5.29. The fourth-order valence-corrected chi connectivity index (χ4v) is 1.59. The average Bonchev–Trinajstić information content (AvgIpc) is 2.10. The molecule has 0 spiro atoms. The highest BCUT2D eigenvalue weighted by atomic mass is 35.5. The van der Waals surface area contributed by atoms with Gasteiger partial charge in [-0.15, -0.1) is 0 Å². The van der Waals surface area contributed by atoms with E-state index in [1.807, 2.05) is 32.0 Å². The van der Waals surface area contributed by atoms with Gasteiger partial charge >= 0.3 is 0 Å². The number of nitrogens with two attached hydrogens (primary N) is 1. The molecule has 1 aromatic carbocycles. The van der Waals surface area contributed by atoms with Crippen molar-refractivity contribution in [3.8, 4) is 0 Å². The van der Waals surface area contributed by atoms with E-state index in [1.165, 1.54) is 0 Å². The Labute approximate surface area is 95.4 Å². The lowest BCUT2D eigenvalue weighted by Gasteiger charge is -2.05. The zero-order chi connectivity index (χ0) is 11.4. The molecule has 1 aromatic rings. The van der Waals surface area contributed by atoms with E-state index in [0.29, 0.717) is 12.8 Å². The smallest absolute Gasteiger partial charge is 0.138 e. The summed E-state index contributed by atoms with van der Waals surface area (Å²) in [6.07, 6.45) is 0.876. The van der Waals surface area contributed by atoms with Gasteiger partial charge in [0.15, 0.2) is 0 Å². The number of halogens is 1. The average molecular weight is 226 g/mol. The molecule has 0 heterocycles. The minimum atomic E-state index is -0.0640. The maximum Gasteiger partial charge on any atom is 0.138 e. The number of benzene rings is 1. The molecule has 0 saturated carbocycles. The molecule has 0 bridgehead atoms. The summed E-state index contributed by atoms with van der Waals surface area (Å²) in [6.45, 7) is 3.77. The number of carbonyl (C=O) groups is 1. The van der Waals surface area contributed by atoms with E-state index in [9.17, 15) is 4.79 Å². The Hall–Kier alpha value is -0.860. The molecule has 0 aliphatic carbocycles. The topological polar surface area (TPSA) is 43.1 Å². The number of rotatable bonds is 4. The first-order valence-electron chi connectivity index (χ1n) is 5.01. The van der Waals surface area contributed by atoms with Crippen LogP contribution in [0.5, 0.6) is 0 Å². The predicted molar refractivity (Wildman–Crippen MR) is 63.2 cm³/mol. The van der Waals surface area contributed by atoms with Crippen molar-refractivity contribution in [1.82, 2.24) is 0 Å². The monoisotopic (exact) mass is 225 g/mol. The van der Waals surface area contributed by atoms with Crippen LogP contribution in [0.2, 0.25) is 5.02 Å². The molecule has 1 atom stereocenters. The molecule has 0 aliphatic heterocycles. The highest BCUT2D eigenvalue weighted by Crippen LogP contribution is 2.16. The number of hydrogen-bond acceptors (Lipinski definition) is 2. The first kappa shape index (κ1) is 12.2. The molecule has 0 amide bonds. The Morgan fingerprint density at radius 2 is 2.20 bits per heavy atom. The highest BCUT2D eigenvalue weighted by Gasteiger charge is 2.07. The van der Waals surface area contributed by atoms with Crippen molar-refractivity contribution in [1.29, 1.82) is 0 Å². The second-order valence-electron chi connectivity index (χ2n) is 3.98. The van der Waals surface area contributed by atoms with E-state index in [1.54, 1.807) is 0 Å². The van der Waals surface area contributed by atoms with Gasteiger partial charge in [0.25, 0.3) is 0 Å².